The number of aliphatic hydroxyl groups excluding tert-OH is 1. The van der Waals surface area contributed by atoms with Gasteiger partial charge in [-0.25, -0.2) is 0 Å². The van der Waals surface area contributed by atoms with Gasteiger partial charge in [0.2, 0.25) is 0 Å². The first-order valence-corrected chi connectivity index (χ1v) is 7.17. The molecule has 0 spiro atoms. The highest BCUT2D eigenvalue weighted by Gasteiger charge is 2.28. The first-order chi connectivity index (χ1) is 8.24. The van der Waals surface area contributed by atoms with Crippen LogP contribution >= 0.6 is 11.3 Å². The number of hydrogen-bond donors (Lipinski definition) is 2. The number of nitrogens with two attached hydrogens (primary N) is 1. The predicted molar refractivity (Wildman–Crippen MR) is 72.2 cm³/mol. The molecule has 1 aromatic rings. The summed E-state index contributed by atoms with van der Waals surface area (Å²) in [5.41, 5.74) is 5.93. The van der Waals surface area contributed by atoms with Gasteiger partial charge in [-0.1, -0.05) is 0 Å². The Morgan fingerprint density at radius 1 is 1.59 bits per heavy atom. The van der Waals surface area contributed by atoms with E-state index in [1.807, 2.05) is 11.3 Å². The van der Waals surface area contributed by atoms with Crippen LogP contribution in [0.2, 0.25) is 0 Å². The van der Waals surface area contributed by atoms with Gasteiger partial charge in [0.05, 0.1) is 6.04 Å². The van der Waals surface area contributed by atoms with Gasteiger partial charge in [0, 0.05) is 29.5 Å². The van der Waals surface area contributed by atoms with Crippen molar-refractivity contribution in [3.63, 3.8) is 0 Å². The van der Waals surface area contributed by atoms with Crippen LogP contribution in [0.25, 0.3) is 0 Å². The zero-order valence-electron chi connectivity index (χ0n) is 10.4. The molecule has 0 amide bonds. The Hall–Kier alpha value is -0.420. The van der Waals surface area contributed by atoms with Gasteiger partial charge in [0.1, 0.15) is 0 Å². The largest absolute Gasteiger partial charge is 0.396 e. The average Bonchev–Trinajstić information content (AvgIpc) is 2.91. The molecule has 3 nitrogen and oxygen atoms in total. The third-order valence-corrected chi connectivity index (χ3v) is 4.71. The molecule has 2 rings (SSSR count). The van der Waals surface area contributed by atoms with Crippen molar-refractivity contribution < 1.29 is 5.11 Å². The molecule has 1 aliphatic rings. The van der Waals surface area contributed by atoms with Gasteiger partial charge in [-0.2, -0.15) is 0 Å². The topological polar surface area (TPSA) is 49.5 Å². The quantitative estimate of drug-likeness (QED) is 0.842. The zero-order valence-corrected chi connectivity index (χ0v) is 11.2. The highest BCUT2D eigenvalue weighted by Crippen LogP contribution is 2.31. The fraction of sp³-hybridized carbons (Fsp3) is 0.692. The summed E-state index contributed by atoms with van der Waals surface area (Å²) in [4.78, 5) is 5.21. The number of aliphatic hydroxyl groups is 1. The van der Waals surface area contributed by atoms with E-state index in [1.54, 1.807) is 0 Å². The smallest absolute Gasteiger partial charge is 0.0564 e. The van der Waals surface area contributed by atoms with Crippen molar-refractivity contribution in [1.82, 2.24) is 4.90 Å². The van der Waals surface area contributed by atoms with E-state index in [-0.39, 0.29) is 0 Å². The molecule has 0 bridgehead atoms. The van der Waals surface area contributed by atoms with Crippen LogP contribution in [0.3, 0.4) is 0 Å². The monoisotopic (exact) mass is 254 g/mol. The number of likely N-dealkylation sites (tertiary alicyclic amines) is 1. The lowest BCUT2D eigenvalue weighted by Crippen LogP contribution is -2.31. The summed E-state index contributed by atoms with van der Waals surface area (Å²) >= 11 is 1.85. The molecule has 1 aromatic heterocycles. The molecule has 1 aliphatic heterocycles. The van der Waals surface area contributed by atoms with E-state index in [1.165, 1.54) is 16.2 Å². The molecular formula is C13H22N2OS. The minimum absolute atomic E-state index is 0.309. The van der Waals surface area contributed by atoms with Crippen LogP contribution in [0, 0.1) is 12.8 Å². The van der Waals surface area contributed by atoms with Gasteiger partial charge in [-0.3, -0.25) is 4.90 Å². The lowest BCUT2D eigenvalue weighted by atomic mass is 10.1. The molecule has 0 saturated carbocycles. The Labute approximate surface area is 107 Å². The Balaban J connectivity index is 2.00. The summed E-state index contributed by atoms with van der Waals surface area (Å²) in [6, 6.07) is 4.75. The van der Waals surface area contributed by atoms with Gasteiger partial charge in [-0.05, 0) is 44.4 Å². The molecule has 2 unspecified atom stereocenters. The zero-order chi connectivity index (χ0) is 12.3. The average molecular weight is 254 g/mol. The maximum Gasteiger partial charge on any atom is 0.0564 e. The fourth-order valence-electron chi connectivity index (χ4n) is 2.64. The number of aryl methyl sites for hydroxylation is 1. The standard InChI is InChI=1S/C13H22N2OS/c1-10-2-3-13(17-10)12(8-14)15-6-4-11(9-15)5-7-16/h2-3,11-12,16H,4-9,14H2,1H3. The minimum Gasteiger partial charge on any atom is -0.396 e. The van der Waals surface area contributed by atoms with Crippen molar-refractivity contribution >= 4 is 11.3 Å². The molecule has 0 aliphatic carbocycles. The summed E-state index contributed by atoms with van der Waals surface area (Å²) in [5.74, 6) is 0.648. The van der Waals surface area contributed by atoms with Crippen LogP contribution in [-0.2, 0) is 0 Å². The second kappa shape index (κ2) is 5.96. The molecule has 0 aromatic carbocycles. The summed E-state index contributed by atoms with van der Waals surface area (Å²) in [6.45, 7) is 5.33. The second-order valence-corrected chi connectivity index (χ2v) is 6.18. The molecule has 96 valence electrons. The molecule has 0 radical (unpaired) electrons. The summed E-state index contributed by atoms with van der Waals surface area (Å²) in [7, 11) is 0. The molecule has 4 heteroatoms. The predicted octanol–water partition coefficient (Wildman–Crippen LogP) is 1.76. The first kappa shape index (κ1) is 13.0. The first-order valence-electron chi connectivity index (χ1n) is 6.36. The van der Waals surface area contributed by atoms with E-state index < -0.39 is 0 Å². The van der Waals surface area contributed by atoms with E-state index in [0.29, 0.717) is 25.1 Å². The van der Waals surface area contributed by atoms with Crippen molar-refractivity contribution in [1.29, 1.82) is 0 Å². The van der Waals surface area contributed by atoms with Crippen LogP contribution in [0.4, 0.5) is 0 Å². The van der Waals surface area contributed by atoms with Gasteiger partial charge >= 0.3 is 0 Å². The summed E-state index contributed by atoms with van der Waals surface area (Å²) in [5, 5.41) is 8.99. The van der Waals surface area contributed by atoms with Gasteiger partial charge in [-0.15, -0.1) is 11.3 Å². The number of nitrogens with zero attached hydrogens (tertiary/aromatic N) is 1. The van der Waals surface area contributed by atoms with Crippen LogP contribution in [0.15, 0.2) is 12.1 Å². The van der Waals surface area contributed by atoms with Crippen molar-refractivity contribution in [3.8, 4) is 0 Å². The van der Waals surface area contributed by atoms with Crippen molar-refractivity contribution in [2.24, 2.45) is 11.7 Å². The molecule has 3 N–H and O–H groups in total. The normalized spacial score (nSPS) is 23.1. The summed E-state index contributed by atoms with van der Waals surface area (Å²) in [6.07, 6.45) is 2.12. The Morgan fingerprint density at radius 2 is 2.41 bits per heavy atom. The van der Waals surface area contributed by atoms with Crippen molar-refractivity contribution in [3.05, 3.63) is 21.9 Å². The fourth-order valence-corrected chi connectivity index (χ4v) is 3.67. The molecule has 1 saturated heterocycles. The molecule has 2 heterocycles. The van der Waals surface area contributed by atoms with Crippen molar-refractivity contribution in [2.75, 3.05) is 26.2 Å². The third kappa shape index (κ3) is 3.07. The molecule has 2 atom stereocenters. The van der Waals surface area contributed by atoms with Crippen LogP contribution in [0.5, 0.6) is 0 Å². The lowest BCUT2D eigenvalue weighted by Gasteiger charge is -2.25. The van der Waals surface area contributed by atoms with Gasteiger partial charge in [0.15, 0.2) is 0 Å². The van der Waals surface area contributed by atoms with Crippen molar-refractivity contribution in [2.45, 2.75) is 25.8 Å². The van der Waals surface area contributed by atoms with E-state index in [0.717, 1.165) is 19.5 Å². The van der Waals surface area contributed by atoms with E-state index in [2.05, 4.69) is 24.0 Å². The second-order valence-electron chi connectivity index (χ2n) is 4.86. The lowest BCUT2D eigenvalue weighted by molar-refractivity contribution is 0.225. The van der Waals surface area contributed by atoms with Crippen LogP contribution < -0.4 is 5.73 Å². The maximum absolute atomic E-state index is 8.99. The number of hydrogen-bond acceptors (Lipinski definition) is 4. The third-order valence-electron chi connectivity index (χ3n) is 3.61. The Kier molecular flexibility index (Phi) is 4.56. The van der Waals surface area contributed by atoms with Crippen LogP contribution in [0.1, 0.15) is 28.6 Å². The number of rotatable bonds is 5. The number of thiophene rings is 1. The Morgan fingerprint density at radius 3 is 3.00 bits per heavy atom. The highest BCUT2D eigenvalue weighted by molar-refractivity contribution is 7.12. The molecule has 17 heavy (non-hydrogen) atoms. The SMILES string of the molecule is Cc1ccc(C(CN)N2CCC(CCO)C2)s1. The van der Waals surface area contributed by atoms with E-state index in [9.17, 15) is 0 Å². The van der Waals surface area contributed by atoms with E-state index in [4.69, 9.17) is 10.8 Å². The maximum atomic E-state index is 8.99. The minimum atomic E-state index is 0.309. The Bertz CT molecular complexity index is 353. The molecule has 1 fully saturated rings. The summed E-state index contributed by atoms with van der Waals surface area (Å²) < 4.78 is 0. The molecular weight excluding hydrogens is 232 g/mol. The van der Waals surface area contributed by atoms with Crippen LogP contribution in [-0.4, -0.2) is 36.2 Å². The highest BCUT2D eigenvalue weighted by atomic mass is 32.1. The van der Waals surface area contributed by atoms with Gasteiger partial charge < -0.3 is 10.8 Å². The van der Waals surface area contributed by atoms with Gasteiger partial charge in [0.25, 0.3) is 0 Å². The van der Waals surface area contributed by atoms with E-state index >= 15 is 0 Å².